The molecule has 8 nitrogen and oxygen atoms in total. The van der Waals surface area contributed by atoms with E-state index in [-0.39, 0.29) is 5.91 Å². The number of hydrogen-bond donors (Lipinski definition) is 0. The molecule has 0 aliphatic carbocycles. The summed E-state index contributed by atoms with van der Waals surface area (Å²) in [5.74, 6) is 1.61. The SMILES string of the molecule is COc1ccc(OC)c(CN2CCN(C(=O)c3cc(-c4ccc(C)cc4)nc4onc(C)c34)CC2)c1. The monoisotopic (exact) mass is 486 g/mol. The minimum Gasteiger partial charge on any atom is -0.497 e. The molecular formula is C28H30N4O4. The lowest BCUT2D eigenvalue weighted by Crippen LogP contribution is -2.48. The van der Waals surface area contributed by atoms with Gasteiger partial charge in [0.05, 0.1) is 36.6 Å². The van der Waals surface area contributed by atoms with Crippen molar-refractivity contribution in [2.45, 2.75) is 20.4 Å². The van der Waals surface area contributed by atoms with Crippen LogP contribution < -0.4 is 9.47 Å². The first-order valence-electron chi connectivity index (χ1n) is 12.0. The highest BCUT2D eigenvalue weighted by Crippen LogP contribution is 2.29. The van der Waals surface area contributed by atoms with Gasteiger partial charge in [0.2, 0.25) is 0 Å². The number of carbonyl (C=O) groups excluding carboxylic acids is 1. The third kappa shape index (κ3) is 4.64. The van der Waals surface area contributed by atoms with E-state index in [1.54, 1.807) is 14.2 Å². The fourth-order valence-electron chi connectivity index (χ4n) is 4.66. The average molecular weight is 487 g/mol. The molecule has 0 spiro atoms. The molecule has 1 amide bonds. The van der Waals surface area contributed by atoms with Gasteiger partial charge in [-0.05, 0) is 38.1 Å². The minimum absolute atomic E-state index is 0.0272. The minimum atomic E-state index is -0.0272. The second-order valence-corrected chi connectivity index (χ2v) is 9.12. The Labute approximate surface area is 210 Å². The molecule has 0 radical (unpaired) electrons. The van der Waals surface area contributed by atoms with E-state index in [1.165, 1.54) is 0 Å². The number of ether oxygens (including phenoxy) is 2. The number of amides is 1. The number of aromatic nitrogens is 2. The maximum atomic E-state index is 13.7. The molecule has 3 heterocycles. The quantitative estimate of drug-likeness (QED) is 0.397. The van der Waals surface area contributed by atoms with Crippen molar-refractivity contribution in [3.05, 3.63) is 70.9 Å². The molecular weight excluding hydrogens is 456 g/mol. The van der Waals surface area contributed by atoms with E-state index in [0.29, 0.717) is 41.1 Å². The molecule has 1 aliphatic heterocycles. The maximum Gasteiger partial charge on any atom is 0.259 e. The van der Waals surface area contributed by atoms with Gasteiger partial charge in [0.25, 0.3) is 11.6 Å². The summed E-state index contributed by atoms with van der Waals surface area (Å²) < 4.78 is 16.4. The van der Waals surface area contributed by atoms with Gasteiger partial charge in [-0.25, -0.2) is 4.98 Å². The molecule has 0 saturated carbocycles. The Balaban J connectivity index is 1.36. The summed E-state index contributed by atoms with van der Waals surface area (Å²) in [6.07, 6.45) is 0. The lowest BCUT2D eigenvalue weighted by molar-refractivity contribution is 0.0629. The Morgan fingerprint density at radius 2 is 1.72 bits per heavy atom. The lowest BCUT2D eigenvalue weighted by atomic mass is 10.0. The Hall–Kier alpha value is -3.91. The molecule has 186 valence electrons. The molecule has 0 unspecified atom stereocenters. The number of piperazine rings is 1. The summed E-state index contributed by atoms with van der Waals surface area (Å²) in [7, 11) is 3.34. The summed E-state index contributed by atoms with van der Waals surface area (Å²) in [5, 5.41) is 4.76. The van der Waals surface area contributed by atoms with Gasteiger partial charge in [-0.1, -0.05) is 35.0 Å². The van der Waals surface area contributed by atoms with Crippen molar-refractivity contribution in [2.75, 3.05) is 40.4 Å². The lowest BCUT2D eigenvalue weighted by Gasteiger charge is -2.35. The normalized spacial score (nSPS) is 14.3. The predicted molar refractivity (Wildman–Crippen MR) is 137 cm³/mol. The zero-order valence-corrected chi connectivity index (χ0v) is 21.1. The van der Waals surface area contributed by atoms with E-state index >= 15 is 0 Å². The van der Waals surface area contributed by atoms with Crippen molar-refractivity contribution in [1.82, 2.24) is 19.9 Å². The van der Waals surface area contributed by atoms with Gasteiger partial charge in [0.1, 0.15) is 11.5 Å². The Bertz CT molecular complexity index is 1390. The first-order chi connectivity index (χ1) is 17.5. The molecule has 5 rings (SSSR count). The molecule has 36 heavy (non-hydrogen) atoms. The molecule has 8 heteroatoms. The zero-order chi connectivity index (χ0) is 25.2. The first kappa shape index (κ1) is 23.8. The second kappa shape index (κ2) is 9.99. The molecule has 4 aromatic rings. The van der Waals surface area contributed by atoms with Gasteiger partial charge in [0, 0.05) is 43.9 Å². The van der Waals surface area contributed by atoms with Crippen molar-refractivity contribution < 1.29 is 18.8 Å². The molecule has 0 atom stereocenters. The van der Waals surface area contributed by atoms with Crippen LogP contribution in [0.25, 0.3) is 22.4 Å². The van der Waals surface area contributed by atoms with Crippen LogP contribution in [-0.4, -0.2) is 66.2 Å². The molecule has 2 aromatic carbocycles. The average Bonchev–Trinajstić information content (AvgIpc) is 3.29. The van der Waals surface area contributed by atoms with Crippen LogP contribution in [0.2, 0.25) is 0 Å². The van der Waals surface area contributed by atoms with Gasteiger partial charge in [-0.3, -0.25) is 9.69 Å². The smallest absolute Gasteiger partial charge is 0.259 e. The van der Waals surface area contributed by atoms with Crippen LogP contribution in [0.4, 0.5) is 0 Å². The third-order valence-electron chi connectivity index (χ3n) is 6.74. The highest BCUT2D eigenvalue weighted by atomic mass is 16.5. The van der Waals surface area contributed by atoms with Gasteiger partial charge in [0.15, 0.2) is 0 Å². The molecule has 1 aliphatic rings. The number of aryl methyl sites for hydroxylation is 2. The van der Waals surface area contributed by atoms with Crippen LogP contribution in [0.1, 0.15) is 27.2 Å². The highest BCUT2D eigenvalue weighted by Gasteiger charge is 2.27. The molecule has 1 saturated heterocycles. The number of methoxy groups -OCH3 is 2. The summed E-state index contributed by atoms with van der Waals surface area (Å²) >= 11 is 0. The summed E-state index contributed by atoms with van der Waals surface area (Å²) in [5.41, 5.74) is 5.50. The number of benzene rings is 2. The van der Waals surface area contributed by atoms with Crippen LogP contribution in [0.5, 0.6) is 11.5 Å². The standard InChI is InChI=1S/C28H30N4O4/c1-18-5-7-20(8-6-18)24-16-23(26-19(2)30-36-27(26)29-24)28(33)32-13-11-31(12-14-32)17-21-15-22(34-3)9-10-25(21)35-4/h5-10,15-16H,11-14,17H2,1-4H3. The van der Waals surface area contributed by atoms with Gasteiger partial charge >= 0.3 is 0 Å². The van der Waals surface area contributed by atoms with Crippen molar-refractivity contribution in [3.8, 4) is 22.8 Å². The number of fused-ring (bicyclic) bond motifs is 1. The molecule has 0 N–H and O–H groups in total. The fraction of sp³-hybridized carbons (Fsp3) is 0.321. The van der Waals surface area contributed by atoms with Crippen LogP contribution in [0.15, 0.2) is 53.1 Å². The fourth-order valence-corrected chi connectivity index (χ4v) is 4.66. The Kier molecular flexibility index (Phi) is 6.61. The van der Waals surface area contributed by atoms with E-state index in [4.69, 9.17) is 14.0 Å². The van der Waals surface area contributed by atoms with E-state index in [0.717, 1.165) is 47.8 Å². The van der Waals surface area contributed by atoms with Crippen LogP contribution in [0.3, 0.4) is 0 Å². The molecule has 0 bridgehead atoms. The van der Waals surface area contributed by atoms with Gasteiger partial charge in [-0.15, -0.1) is 0 Å². The zero-order valence-electron chi connectivity index (χ0n) is 21.1. The predicted octanol–water partition coefficient (Wildman–Crippen LogP) is 4.48. The topological polar surface area (TPSA) is 80.9 Å². The number of nitrogens with zero attached hydrogens (tertiary/aromatic N) is 4. The van der Waals surface area contributed by atoms with Crippen molar-refractivity contribution in [3.63, 3.8) is 0 Å². The highest BCUT2D eigenvalue weighted by molar-refractivity contribution is 6.07. The van der Waals surface area contributed by atoms with E-state index in [1.807, 2.05) is 67.3 Å². The first-order valence-corrected chi connectivity index (χ1v) is 12.0. The summed E-state index contributed by atoms with van der Waals surface area (Å²) in [6.45, 7) is 7.37. The van der Waals surface area contributed by atoms with Crippen molar-refractivity contribution >= 4 is 17.0 Å². The number of carbonyl (C=O) groups is 1. The summed E-state index contributed by atoms with van der Waals surface area (Å²) in [6, 6.07) is 15.8. The number of rotatable bonds is 6. The maximum absolute atomic E-state index is 13.7. The van der Waals surface area contributed by atoms with E-state index in [2.05, 4.69) is 15.0 Å². The van der Waals surface area contributed by atoms with Crippen LogP contribution >= 0.6 is 0 Å². The van der Waals surface area contributed by atoms with Crippen LogP contribution in [0, 0.1) is 13.8 Å². The van der Waals surface area contributed by atoms with Crippen molar-refractivity contribution in [1.29, 1.82) is 0 Å². The number of pyridine rings is 1. The number of hydrogen-bond acceptors (Lipinski definition) is 7. The van der Waals surface area contributed by atoms with E-state index in [9.17, 15) is 4.79 Å². The Morgan fingerprint density at radius 3 is 2.42 bits per heavy atom. The van der Waals surface area contributed by atoms with Gasteiger partial charge in [-0.2, -0.15) is 0 Å². The van der Waals surface area contributed by atoms with Crippen LogP contribution in [-0.2, 0) is 6.54 Å². The summed E-state index contributed by atoms with van der Waals surface area (Å²) in [4.78, 5) is 22.6. The van der Waals surface area contributed by atoms with E-state index < -0.39 is 0 Å². The third-order valence-corrected chi connectivity index (χ3v) is 6.74. The van der Waals surface area contributed by atoms with Gasteiger partial charge < -0.3 is 18.9 Å². The largest absolute Gasteiger partial charge is 0.497 e. The molecule has 1 fully saturated rings. The Morgan fingerprint density at radius 1 is 0.972 bits per heavy atom. The molecule has 2 aromatic heterocycles. The second-order valence-electron chi connectivity index (χ2n) is 9.12. The van der Waals surface area contributed by atoms with Crippen molar-refractivity contribution in [2.24, 2.45) is 0 Å².